The van der Waals surface area contributed by atoms with Gasteiger partial charge in [0.05, 0.1) is 10.6 Å². The van der Waals surface area contributed by atoms with Crippen LogP contribution in [0.2, 0.25) is 5.02 Å². The molecule has 1 unspecified atom stereocenters. The van der Waals surface area contributed by atoms with Crippen molar-refractivity contribution in [3.63, 3.8) is 0 Å². The topological polar surface area (TPSA) is 53.1 Å². The molecule has 1 aliphatic rings. The van der Waals surface area contributed by atoms with Crippen molar-refractivity contribution >= 4 is 23.1 Å². The highest BCUT2D eigenvalue weighted by molar-refractivity contribution is 6.34. The zero-order chi connectivity index (χ0) is 13.3. The zero-order valence-corrected chi connectivity index (χ0v) is 11.7. The molecule has 3 N–H and O–H groups in total. The number of hydrogen-bond acceptors (Lipinski definition) is 2. The highest BCUT2D eigenvalue weighted by Gasteiger charge is 2.29. The second-order valence-corrected chi connectivity index (χ2v) is 5.60. The molecule has 1 fully saturated rings. The summed E-state index contributed by atoms with van der Waals surface area (Å²) in [4.78, 5) is 2.35. The second-order valence-electron chi connectivity index (χ2n) is 5.19. The molecule has 0 aliphatic carbocycles. The Kier molecular flexibility index (Phi) is 3.81. The molecular weight excluding hydrogens is 246 g/mol. The van der Waals surface area contributed by atoms with Crippen LogP contribution in [0, 0.1) is 11.3 Å². The van der Waals surface area contributed by atoms with E-state index in [9.17, 15) is 0 Å². The highest BCUT2D eigenvalue weighted by atomic mass is 35.5. The zero-order valence-electron chi connectivity index (χ0n) is 10.9. The summed E-state index contributed by atoms with van der Waals surface area (Å²) in [7, 11) is 0. The van der Waals surface area contributed by atoms with Crippen LogP contribution in [0.3, 0.4) is 0 Å². The van der Waals surface area contributed by atoms with Crippen LogP contribution in [0.15, 0.2) is 18.2 Å². The number of rotatable bonds is 3. The minimum atomic E-state index is 0.0463. The van der Waals surface area contributed by atoms with Crippen molar-refractivity contribution in [1.82, 2.24) is 0 Å². The van der Waals surface area contributed by atoms with E-state index in [0.717, 1.165) is 12.2 Å². The molecule has 1 heterocycles. The van der Waals surface area contributed by atoms with Gasteiger partial charge in [0.2, 0.25) is 0 Å². The van der Waals surface area contributed by atoms with Gasteiger partial charge in [-0.2, -0.15) is 0 Å². The molecule has 0 saturated carbocycles. The summed E-state index contributed by atoms with van der Waals surface area (Å²) in [5.41, 5.74) is 7.36. The van der Waals surface area contributed by atoms with E-state index in [1.165, 1.54) is 12.8 Å². The number of benzene rings is 1. The van der Waals surface area contributed by atoms with Crippen LogP contribution in [-0.4, -0.2) is 18.4 Å². The average Bonchev–Trinajstić information content (AvgIpc) is 2.76. The molecule has 1 aliphatic heterocycles. The van der Waals surface area contributed by atoms with Gasteiger partial charge in [0, 0.05) is 18.3 Å². The van der Waals surface area contributed by atoms with E-state index in [1.807, 2.05) is 12.1 Å². The van der Waals surface area contributed by atoms with Gasteiger partial charge in [0.25, 0.3) is 0 Å². The summed E-state index contributed by atoms with van der Waals surface area (Å²) in [5.74, 6) is 0.635. The second kappa shape index (κ2) is 5.19. The van der Waals surface area contributed by atoms with Crippen LogP contribution in [0.25, 0.3) is 0 Å². The molecular formula is C14H20ClN3. The van der Waals surface area contributed by atoms with Crippen molar-refractivity contribution in [1.29, 1.82) is 5.41 Å². The summed E-state index contributed by atoms with van der Waals surface area (Å²) in [5, 5.41) is 8.29. The fourth-order valence-electron chi connectivity index (χ4n) is 2.80. The standard InChI is InChI=1S/C14H20ClN3/c1-9(2)11-7-4-8-18(11)12-6-3-5-10(15)13(12)14(16)17/h3,5-6,9,11H,4,7-8H2,1-2H3,(H3,16,17). The van der Waals surface area contributed by atoms with Crippen LogP contribution in [0.5, 0.6) is 0 Å². The predicted octanol–water partition coefficient (Wildman–Crippen LogP) is 3.25. The SMILES string of the molecule is CC(C)C1CCCN1c1cccc(Cl)c1C(=N)N. The Morgan fingerprint density at radius 3 is 2.83 bits per heavy atom. The van der Waals surface area contributed by atoms with Crippen molar-refractivity contribution < 1.29 is 0 Å². The molecule has 1 saturated heterocycles. The Hall–Kier alpha value is -1.22. The number of anilines is 1. The van der Waals surface area contributed by atoms with Gasteiger partial charge in [-0.15, -0.1) is 0 Å². The molecule has 3 nitrogen and oxygen atoms in total. The van der Waals surface area contributed by atoms with Crippen molar-refractivity contribution in [3.8, 4) is 0 Å². The molecule has 4 heteroatoms. The predicted molar refractivity (Wildman–Crippen MR) is 77.7 cm³/mol. The molecule has 0 bridgehead atoms. The molecule has 2 rings (SSSR count). The quantitative estimate of drug-likeness (QED) is 0.651. The smallest absolute Gasteiger partial charge is 0.126 e. The number of hydrogen-bond donors (Lipinski definition) is 2. The minimum Gasteiger partial charge on any atom is -0.384 e. The first-order valence-electron chi connectivity index (χ1n) is 6.42. The van der Waals surface area contributed by atoms with Crippen molar-refractivity contribution in [2.75, 3.05) is 11.4 Å². The third kappa shape index (κ3) is 2.32. The molecule has 1 aromatic rings. The molecule has 0 aromatic heterocycles. The number of nitrogens with two attached hydrogens (primary N) is 1. The van der Waals surface area contributed by atoms with Gasteiger partial charge in [-0.25, -0.2) is 0 Å². The first kappa shape index (κ1) is 13.2. The number of nitrogens with zero attached hydrogens (tertiary/aromatic N) is 1. The third-order valence-electron chi connectivity index (χ3n) is 3.64. The Labute approximate surface area is 113 Å². The summed E-state index contributed by atoms with van der Waals surface area (Å²) in [6.45, 7) is 5.49. The monoisotopic (exact) mass is 265 g/mol. The lowest BCUT2D eigenvalue weighted by atomic mass is 10.0. The Morgan fingerprint density at radius 1 is 1.50 bits per heavy atom. The van der Waals surface area contributed by atoms with E-state index in [2.05, 4.69) is 18.7 Å². The van der Waals surface area contributed by atoms with E-state index in [4.69, 9.17) is 22.7 Å². The first-order valence-corrected chi connectivity index (χ1v) is 6.79. The van der Waals surface area contributed by atoms with Crippen LogP contribution in [-0.2, 0) is 0 Å². The maximum absolute atomic E-state index is 7.72. The van der Waals surface area contributed by atoms with Gasteiger partial charge in [0.15, 0.2) is 0 Å². The van der Waals surface area contributed by atoms with Gasteiger partial charge < -0.3 is 10.6 Å². The van der Waals surface area contributed by atoms with Gasteiger partial charge in [-0.1, -0.05) is 31.5 Å². The van der Waals surface area contributed by atoms with Gasteiger partial charge >= 0.3 is 0 Å². The number of nitrogens with one attached hydrogen (secondary N) is 1. The average molecular weight is 266 g/mol. The molecule has 98 valence electrons. The van der Waals surface area contributed by atoms with Gasteiger partial charge in [-0.05, 0) is 30.9 Å². The van der Waals surface area contributed by atoms with E-state index in [-0.39, 0.29) is 5.84 Å². The highest BCUT2D eigenvalue weighted by Crippen LogP contribution is 2.34. The van der Waals surface area contributed by atoms with E-state index in [1.54, 1.807) is 6.07 Å². The van der Waals surface area contributed by atoms with Crippen LogP contribution >= 0.6 is 11.6 Å². The molecule has 18 heavy (non-hydrogen) atoms. The number of halogens is 1. The fourth-order valence-corrected chi connectivity index (χ4v) is 3.07. The fraction of sp³-hybridized carbons (Fsp3) is 0.500. The number of amidine groups is 1. The first-order chi connectivity index (χ1) is 8.52. The summed E-state index contributed by atoms with van der Waals surface area (Å²) < 4.78 is 0. The summed E-state index contributed by atoms with van der Waals surface area (Å²) in [6.07, 6.45) is 2.38. The molecule has 0 radical (unpaired) electrons. The maximum atomic E-state index is 7.72. The summed E-state index contributed by atoms with van der Waals surface area (Å²) in [6, 6.07) is 6.26. The lowest BCUT2D eigenvalue weighted by Gasteiger charge is -2.31. The normalized spacial score (nSPS) is 19.6. The van der Waals surface area contributed by atoms with Crippen molar-refractivity contribution in [2.45, 2.75) is 32.7 Å². The third-order valence-corrected chi connectivity index (χ3v) is 3.95. The largest absolute Gasteiger partial charge is 0.384 e. The summed E-state index contributed by atoms with van der Waals surface area (Å²) >= 11 is 6.18. The Bertz CT molecular complexity index is 456. The molecule has 0 amide bonds. The molecule has 1 aromatic carbocycles. The Morgan fingerprint density at radius 2 is 2.22 bits per heavy atom. The van der Waals surface area contributed by atoms with E-state index >= 15 is 0 Å². The van der Waals surface area contributed by atoms with Crippen molar-refractivity contribution in [3.05, 3.63) is 28.8 Å². The lowest BCUT2D eigenvalue weighted by molar-refractivity contribution is 0.492. The van der Waals surface area contributed by atoms with E-state index < -0.39 is 0 Å². The van der Waals surface area contributed by atoms with Crippen molar-refractivity contribution in [2.24, 2.45) is 11.7 Å². The van der Waals surface area contributed by atoms with E-state index in [0.29, 0.717) is 22.5 Å². The van der Waals surface area contributed by atoms with Gasteiger partial charge in [-0.3, -0.25) is 5.41 Å². The lowest BCUT2D eigenvalue weighted by Crippen LogP contribution is -2.35. The van der Waals surface area contributed by atoms with Gasteiger partial charge in [0.1, 0.15) is 5.84 Å². The van der Waals surface area contributed by atoms with Crippen LogP contribution in [0.1, 0.15) is 32.3 Å². The van der Waals surface area contributed by atoms with Crippen LogP contribution < -0.4 is 10.6 Å². The Balaban J connectivity index is 2.44. The number of nitrogen functional groups attached to an aromatic ring is 1. The molecule has 0 spiro atoms. The maximum Gasteiger partial charge on any atom is 0.126 e. The molecule has 1 atom stereocenters. The minimum absolute atomic E-state index is 0.0463. The van der Waals surface area contributed by atoms with Crippen LogP contribution in [0.4, 0.5) is 5.69 Å².